The van der Waals surface area contributed by atoms with E-state index in [1.165, 1.54) is 50.1 Å². The summed E-state index contributed by atoms with van der Waals surface area (Å²) in [6, 6.07) is 17.6. The van der Waals surface area contributed by atoms with Crippen LogP contribution in [-0.2, 0) is 0 Å². The summed E-state index contributed by atoms with van der Waals surface area (Å²) in [6.45, 7) is 19.6. The van der Waals surface area contributed by atoms with Gasteiger partial charge >= 0.3 is 0 Å². The average Bonchev–Trinajstić information content (AvgIpc) is 2.69. The Bertz CT molecular complexity index is 1280. The lowest BCUT2D eigenvalue weighted by atomic mass is 9.92. The Morgan fingerprint density at radius 2 is 1.31 bits per heavy atom. The van der Waals surface area contributed by atoms with Crippen molar-refractivity contribution in [1.82, 2.24) is 0 Å². The van der Waals surface area contributed by atoms with E-state index in [0.29, 0.717) is 0 Å². The van der Waals surface area contributed by atoms with E-state index in [4.69, 9.17) is 5.32 Å². The van der Waals surface area contributed by atoms with Crippen LogP contribution in [0.25, 0.3) is 22.4 Å². The van der Waals surface area contributed by atoms with Gasteiger partial charge < -0.3 is 5.32 Å². The highest BCUT2D eigenvalue weighted by Crippen LogP contribution is 2.43. The summed E-state index contributed by atoms with van der Waals surface area (Å²) in [5, 5.41) is 5.29. The SMILES string of the molecule is C=[N+]1C=C(c2c(C)cccc2C)[N-]C(c2cc(C)cc(C)c2)=C1c1cc(C)cc(C)c1C. The first kappa shape index (κ1) is 21.8. The lowest BCUT2D eigenvalue weighted by molar-refractivity contribution is -0.338. The van der Waals surface area contributed by atoms with Gasteiger partial charge in [-0.05, 0) is 87.9 Å². The maximum absolute atomic E-state index is 5.29. The lowest BCUT2D eigenvalue weighted by Gasteiger charge is -2.34. The number of benzene rings is 3. The first-order valence-electron chi connectivity index (χ1n) is 11.2. The summed E-state index contributed by atoms with van der Waals surface area (Å²) in [6.07, 6.45) is 2.08. The van der Waals surface area contributed by atoms with Gasteiger partial charge in [0.1, 0.15) is 6.72 Å². The molecule has 0 aromatic heterocycles. The molecule has 0 saturated heterocycles. The third kappa shape index (κ3) is 3.93. The zero-order chi connectivity index (χ0) is 23.2. The smallest absolute Gasteiger partial charge is 0.203 e. The molecule has 1 aliphatic rings. The van der Waals surface area contributed by atoms with E-state index in [1.807, 2.05) is 4.58 Å². The molecule has 0 aliphatic carbocycles. The van der Waals surface area contributed by atoms with Crippen molar-refractivity contribution in [2.45, 2.75) is 48.5 Å². The molecule has 0 unspecified atom stereocenters. The van der Waals surface area contributed by atoms with Crippen molar-refractivity contribution in [3.8, 4) is 0 Å². The van der Waals surface area contributed by atoms with Crippen LogP contribution in [0.15, 0.2) is 54.7 Å². The van der Waals surface area contributed by atoms with Crippen molar-refractivity contribution >= 4 is 23.8 Å². The fraction of sp³-hybridized carbons (Fsp3) is 0.233. The fourth-order valence-electron chi connectivity index (χ4n) is 4.77. The van der Waals surface area contributed by atoms with Crippen LogP contribution in [-0.4, -0.2) is 11.3 Å². The van der Waals surface area contributed by atoms with Gasteiger partial charge in [0.15, 0.2) is 6.20 Å². The van der Waals surface area contributed by atoms with Gasteiger partial charge in [-0.15, -0.1) is 0 Å². The number of nitrogens with zero attached hydrogens (tertiary/aromatic N) is 2. The summed E-state index contributed by atoms with van der Waals surface area (Å²) in [5.41, 5.74) is 15.2. The Labute approximate surface area is 192 Å². The van der Waals surface area contributed by atoms with Gasteiger partial charge in [-0.25, -0.2) is 0 Å². The Morgan fingerprint density at radius 3 is 1.94 bits per heavy atom. The predicted octanol–water partition coefficient (Wildman–Crippen LogP) is 7.77. The van der Waals surface area contributed by atoms with Crippen LogP contribution in [0.4, 0.5) is 0 Å². The molecule has 0 saturated carbocycles. The third-order valence-electron chi connectivity index (χ3n) is 6.32. The van der Waals surface area contributed by atoms with Crippen LogP contribution in [0.1, 0.15) is 55.6 Å². The van der Waals surface area contributed by atoms with E-state index >= 15 is 0 Å². The normalized spacial score (nSPS) is 13.8. The minimum atomic E-state index is 0.954. The Balaban J connectivity index is 2.00. The van der Waals surface area contributed by atoms with Crippen molar-refractivity contribution in [3.63, 3.8) is 0 Å². The second-order valence-corrected chi connectivity index (χ2v) is 9.19. The standard InChI is InChI=1S/C30H32N2/c1-18-12-19(2)15-25(14-18)29-30(26-16-20(3)13-23(6)24(26)7)32(8)17-27(31-29)28-21(4)10-9-11-22(28)5/h9-17H,8H2,1-7H3. The van der Waals surface area contributed by atoms with Crippen LogP contribution in [0, 0.1) is 48.5 Å². The van der Waals surface area contributed by atoms with Crippen LogP contribution in [0.3, 0.4) is 0 Å². The monoisotopic (exact) mass is 420 g/mol. The molecule has 0 spiro atoms. The first-order chi connectivity index (χ1) is 15.2. The van der Waals surface area contributed by atoms with Gasteiger partial charge in [0, 0.05) is 5.56 Å². The molecule has 0 N–H and O–H groups in total. The Hall–Kier alpha value is -3.39. The molecule has 3 aromatic rings. The molecule has 2 heteroatoms. The Morgan fingerprint density at radius 1 is 0.719 bits per heavy atom. The molecule has 162 valence electrons. The second-order valence-electron chi connectivity index (χ2n) is 9.19. The molecule has 1 aliphatic heterocycles. The molecule has 0 atom stereocenters. The Kier molecular flexibility index (Phi) is 5.64. The van der Waals surface area contributed by atoms with Gasteiger partial charge in [0.05, 0.1) is 0 Å². The molecule has 0 amide bonds. The maximum Gasteiger partial charge on any atom is 0.203 e. The van der Waals surface area contributed by atoms with Crippen LogP contribution < -0.4 is 0 Å². The number of hydrogen-bond acceptors (Lipinski definition) is 0. The average molecular weight is 421 g/mol. The van der Waals surface area contributed by atoms with E-state index in [0.717, 1.165) is 22.7 Å². The number of aryl methyl sites for hydroxylation is 6. The summed E-state index contributed by atoms with van der Waals surface area (Å²) < 4.78 is 2.02. The highest BCUT2D eigenvalue weighted by molar-refractivity contribution is 6.03. The number of rotatable bonds is 3. The largest absolute Gasteiger partial charge is 0.647 e. The second kappa shape index (κ2) is 8.27. The maximum atomic E-state index is 5.29. The minimum absolute atomic E-state index is 0.954. The van der Waals surface area contributed by atoms with Gasteiger partial charge in [-0.2, -0.15) is 4.58 Å². The molecule has 3 aromatic carbocycles. The highest BCUT2D eigenvalue weighted by atomic mass is 15.1. The molecule has 0 bridgehead atoms. The van der Waals surface area contributed by atoms with Crippen molar-refractivity contribution in [1.29, 1.82) is 0 Å². The van der Waals surface area contributed by atoms with Gasteiger partial charge in [-0.3, -0.25) is 0 Å². The van der Waals surface area contributed by atoms with Crippen LogP contribution in [0.5, 0.6) is 0 Å². The predicted molar refractivity (Wildman–Crippen MR) is 138 cm³/mol. The molecular formula is C30H32N2. The van der Waals surface area contributed by atoms with Crippen molar-refractivity contribution in [2.24, 2.45) is 0 Å². The van der Waals surface area contributed by atoms with Gasteiger partial charge in [0.25, 0.3) is 0 Å². The van der Waals surface area contributed by atoms with Crippen LogP contribution >= 0.6 is 0 Å². The molecule has 1 heterocycles. The zero-order valence-electron chi connectivity index (χ0n) is 20.3. The van der Waals surface area contributed by atoms with E-state index in [-0.39, 0.29) is 0 Å². The minimum Gasteiger partial charge on any atom is -0.647 e. The van der Waals surface area contributed by atoms with E-state index in [9.17, 15) is 0 Å². The molecule has 2 nitrogen and oxygen atoms in total. The summed E-state index contributed by atoms with van der Waals surface area (Å²) in [5.74, 6) is 0. The molecular weight excluding hydrogens is 388 g/mol. The van der Waals surface area contributed by atoms with E-state index < -0.39 is 0 Å². The summed E-state index contributed by atoms with van der Waals surface area (Å²) in [7, 11) is 0. The highest BCUT2D eigenvalue weighted by Gasteiger charge is 2.23. The summed E-state index contributed by atoms with van der Waals surface area (Å²) >= 11 is 0. The fourth-order valence-corrected chi connectivity index (χ4v) is 4.77. The molecule has 0 radical (unpaired) electrons. The number of hydrogen-bond donors (Lipinski definition) is 0. The molecule has 4 rings (SSSR count). The lowest BCUT2D eigenvalue weighted by Crippen LogP contribution is -2.12. The quantitative estimate of drug-likeness (QED) is 0.385. The van der Waals surface area contributed by atoms with Crippen molar-refractivity contribution < 1.29 is 4.58 Å². The zero-order valence-corrected chi connectivity index (χ0v) is 20.3. The van der Waals surface area contributed by atoms with Gasteiger partial charge in [-0.1, -0.05) is 70.5 Å². The first-order valence-corrected chi connectivity index (χ1v) is 11.2. The van der Waals surface area contributed by atoms with Gasteiger partial charge in [0.2, 0.25) is 5.70 Å². The van der Waals surface area contributed by atoms with Crippen molar-refractivity contribution in [3.05, 3.63) is 116 Å². The van der Waals surface area contributed by atoms with Crippen LogP contribution in [0.2, 0.25) is 0 Å². The third-order valence-corrected chi connectivity index (χ3v) is 6.32. The van der Waals surface area contributed by atoms with Crippen molar-refractivity contribution in [2.75, 3.05) is 0 Å². The van der Waals surface area contributed by atoms with E-state index in [1.54, 1.807) is 0 Å². The summed E-state index contributed by atoms with van der Waals surface area (Å²) in [4.78, 5) is 0. The van der Waals surface area contributed by atoms with E-state index in [2.05, 4.69) is 110 Å². The molecule has 0 fully saturated rings. The molecule has 32 heavy (non-hydrogen) atoms. The topological polar surface area (TPSA) is 17.1 Å².